The topological polar surface area (TPSA) is 105 Å². The zero-order valence-corrected chi connectivity index (χ0v) is 19.4. The van der Waals surface area contributed by atoms with Gasteiger partial charge in [0.1, 0.15) is 5.54 Å². The van der Waals surface area contributed by atoms with Crippen molar-refractivity contribution < 1.29 is 9.59 Å². The molecule has 3 rings (SSSR count). The van der Waals surface area contributed by atoms with Gasteiger partial charge >= 0.3 is 0 Å². The smallest absolute Gasteiger partial charge is 0.238 e. The van der Waals surface area contributed by atoms with E-state index in [-0.39, 0.29) is 25.3 Å². The normalized spacial score (nSPS) is 16.0. The van der Waals surface area contributed by atoms with E-state index < -0.39 is 11.4 Å². The minimum atomic E-state index is -1.29. The molecule has 1 fully saturated rings. The fraction of sp³-hybridized carbons (Fsp3) is 0.391. The van der Waals surface area contributed by atoms with E-state index in [9.17, 15) is 9.59 Å². The lowest BCUT2D eigenvalue weighted by Crippen LogP contribution is -2.58. The summed E-state index contributed by atoms with van der Waals surface area (Å²) in [4.78, 5) is 28.7. The summed E-state index contributed by atoms with van der Waals surface area (Å²) < 4.78 is 0. The quantitative estimate of drug-likeness (QED) is 0.514. The van der Waals surface area contributed by atoms with E-state index >= 15 is 0 Å². The summed E-state index contributed by atoms with van der Waals surface area (Å²) in [6, 6.07) is 15.2. The number of hydrogen-bond acceptors (Lipinski definition) is 5. The van der Waals surface area contributed by atoms with Crippen molar-refractivity contribution in [1.29, 1.82) is 0 Å². The third-order valence-electron chi connectivity index (χ3n) is 5.73. The van der Waals surface area contributed by atoms with Gasteiger partial charge in [0, 0.05) is 61.4 Å². The van der Waals surface area contributed by atoms with Crippen LogP contribution >= 0.6 is 23.2 Å². The number of anilines is 1. The molecule has 32 heavy (non-hydrogen) atoms. The molecule has 172 valence electrons. The van der Waals surface area contributed by atoms with Crippen LogP contribution in [-0.4, -0.2) is 55.0 Å². The first-order valence-electron chi connectivity index (χ1n) is 10.6. The lowest BCUT2D eigenvalue weighted by atomic mass is 9.93. The highest BCUT2D eigenvalue weighted by molar-refractivity contribution is 6.35. The summed E-state index contributed by atoms with van der Waals surface area (Å²) in [5.41, 5.74) is 12.6. The molecular formula is C23H29Cl2N5O2. The molecule has 1 aliphatic rings. The van der Waals surface area contributed by atoms with Crippen molar-refractivity contribution >= 4 is 40.7 Å². The van der Waals surface area contributed by atoms with E-state index in [0.717, 1.165) is 11.3 Å². The Kier molecular flexibility index (Phi) is 8.37. The average molecular weight is 478 g/mol. The van der Waals surface area contributed by atoms with Crippen LogP contribution in [0, 0.1) is 0 Å². The SMILES string of the molecule is NC(=O)C(N)(CCC(=O)N1CCN(c2cc(Cl)cc(Cl)c2)CC1)CNCc1ccccc1. The molecule has 0 aromatic heterocycles. The number of amides is 2. The van der Waals surface area contributed by atoms with Gasteiger partial charge in [-0.3, -0.25) is 9.59 Å². The van der Waals surface area contributed by atoms with Gasteiger partial charge in [-0.05, 0) is 30.2 Å². The lowest BCUT2D eigenvalue weighted by Gasteiger charge is -2.37. The molecule has 0 aliphatic carbocycles. The molecule has 7 nitrogen and oxygen atoms in total. The number of nitrogens with two attached hydrogens (primary N) is 2. The van der Waals surface area contributed by atoms with E-state index in [1.165, 1.54) is 0 Å². The first-order valence-corrected chi connectivity index (χ1v) is 11.3. The maximum Gasteiger partial charge on any atom is 0.238 e. The molecule has 1 heterocycles. The zero-order chi connectivity index (χ0) is 23.1. The molecule has 1 aliphatic heterocycles. The van der Waals surface area contributed by atoms with Gasteiger partial charge in [0.2, 0.25) is 11.8 Å². The van der Waals surface area contributed by atoms with Gasteiger partial charge in [0.15, 0.2) is 0 Å². The highest BCUT2D eigenvalue weighted by atomic mass is 35.5. The number of primary amides is 1. The molecule has 1 unspecified atom stereocenters. The lowest BCUT2D eigenvalue weighted by molar-refractivity contribution is -0.132. The number of piperazine rings is 1. The summed E-state index contributed by atoms with van der Waals surface area (Å²) >= 11 is 12.2. The fourth-order valence-corrected chi connectivity index (χ4v) is 4.26. The number of carbonyl (C=O) groups excluding carboxylic acids is 2. The second kappa shape index (κ2) is 11.0. The molecule has 2 aromatic carbocycles. The summed E-state index contributed by atoms with van der Waals surface area (Å²) in [5.74, 6) is -0.651. The fourth-order valence-electron chi connectivity index (χ4n) is 3.75. The van der Waals surface area contributed by atoms with E-state index in [4.69, 9.17) is 34.7 Å². The van der Waals surface area contributed by atoms with Crippen LogP contribution in [0.15, 0.2) is 48.5 Å². The van der Waals surface area contributed by atoms with E-state index in [1.807, 2.05) is 42.5 Å². The Bertz CT molecular complexity index is 915. The Labute approximate surface area is 198 Å². The number of halogens is 2. The van der Waals surface area contributed by atoms with Crippen LogP contribution in [-0.2, 0) is 16.1 Å². The van der Waals surface area contributed by atoms with Gasteiger partial charge in [-0.2, -0.15) is 0 Å². The van der Waals surface area contributed by atoms with Crippen LogP contribution in [0.25, 0.3) is 0 Å². The number of nitrogens with one attached hydrogen (secondary N) is 1. The molecule has 2 aromatic rings. The zero-order valence-electron chi connectivity index (χ0n) is 17.9. The number of hydrogen-bond donors (Lipinski definition) is 3. The van der Waals surface area contributed by atoms with E-state index in [1.54, 1.807) is 11.0 Å². The van der Waals surface area contributed by atoms with Crippen LogP contribution in [0.2, 0.25) is 10.0 Å². The van der Waals surface area contributed by atoms with E-state index in [0.29, 0.717) is 42.8 Å². The third-order valence-corrected chi connectivity index (χ3v) is 6.17. The predicted molar refractivity (Wildman–Crippen MR) is 129 cm³/mol. The predicted octanol–water partition coefficient (Wildman–Crippen LogP) is 2.39. The Morgan fingerprint density at radius 3 is 2.22 bits per heavy atom. The molecule has 9 heteroatoms. The standard InChI is InChI=1S/C23H29Cl2N5O2/c24-18-12-19(25)14-20(13-18)29-8-10-30(11-9-29)21(31)6-7-23(27,22(26)32)16-28-15-17-4-2-1-3-5-17/h1-5,12-14,28H,6-11,15-16,27H2,(H2,26,32). The highest BCUT2D eigenvalue weighted by Gasteiger charge is 2.33. The molecule has 2 amide bonds. The number of nitrogens with zero attached hydrogens (tertiary/aromatic N) is 2. The van der Waals surface area contributed by atoms with Crippen LogP contribution in [0.5, 0.6) is 0 Å². The molecule has 0 radical (unpaired) electrons. The second-order valence-corrected chi connectivity index (χ2v) is 8.98. The number of carbonyl (C=O) groups is 2. The van der Waals surface area contributed by atoms with Crippen LogP contribution in [0.3, 0.4) is 0 Å². The average Bonchev–Trinajstić information content (AvgIpc) is 2.77. The Morgan fingerprint density at radius 2 is 1.62 bits per heavy atom. The van der Waals surface area contributed by atoms with Gasteiger partial charge in [0.25, 0.3) is 0 Å². The molecule has 0 saturated carbocycles. The molecule has 0 spiro atoms. The van der Waals surface area contributed by atoms with Crippen molar-refractivity contribution in [2.75, 3.05) is 37.6 Å². The third kappa shape index (κ3) is 6.59. The molecule has 1 saturated heterocycles. The van der Waals surface area contributed by atoms with E-state index in [2.05, 4.69) is 10.2 Å². The van der Waals surface area contributed by atoms with Gasteiger partial charge in [-0.25, -0.2) is 0 Å². The molecule has 5 N–H and O–H groups in total. The van der Waals surface area contributed by atoms with Crippen molar-refractivity contribution in [2.45, 2.75) is 24.9 Å². The van der Waals surface area contributed by atoms with Crippen molar-refractivity contribution in [3.8, 4) is 0 Å². The van der Waals surface area contributed by atoms with Crippen LogP contribution in [0.1, 0.15) is 18.4 Å². The minimum Gasteiger partial charge on any atom is -0.368 e. The first-order chi connectivity index (χ1) is 15.3. The van der Waals surface area contributed by atoms with Gasteiger partial charge in [-0.15, -0.1) is 0 Å². The maximum absolute atomic E-state index is 12.8. The first kappa shape index (κ1) is 24.3. The minimum absolute atomic E-state index is 0.0343. The largest absolute Gasteiger partial charge is 0.368 e. The van der Waals surface area contributed by atoms with Crippen molar-refractivity contribution in [2.24, 2.45) is 11.5 Å². The molecule has 0 bridgehead atoms. The van der Waals surface area contributed by atoms with Crippen molar-refractivity contribution in [3.05, 3.63) is 64.1 Å². The monoisotopic (exact) mass is 477 g/mol. The van der Waals surface area contributed by atoms with Gasteiger partial charge in [0.05, 0.1) is 0 Å². The highest BCUT2D eigenvalue weighted by Crippen LogP contribution is 2.26. The number of rotatable bonds is 9. The number of benzene rings is 2. The van der Waals surface area contributed by atoms with Gasteiger partial charge < -0.3 is 26.6 Å². The Balaban J connectivity index is 1.48. The summed E-state index contributed by atoms with van der Waals surface area (Å²) in [6.45, 7) is 3.26. The van der Waals surface area contributed by atoms with Crippen molar-refractivity contribution in [1.82, 2.24) is 10.2 Å². The summed E-state index contributed by atoms with van der Waals surface area (Å²) in [5, 5.41) is 4.34. The maximum atomic E-state index is 12.8. The van der Waals surface area contributed by atoms with Gasteiger partial charge in [-0.1, -0.05) is 53.5 Å². The van der Waals surface area contributed by atoms with Crippen LogP contribution < -0.4 is 21.7 Å². The van der Waals surface area contributed by atoms with Crippen LogP contribution in [0.4, 0.5) is 5.69 Å². The summed E-state index contributed by atoms with van der Waals surface area (Å²) in [6.07, 6.45) is 0.350. The Morgan fingerprint density at radius 1 is 1.00 bits per heavy atom. The second-order valence-electron chi connectivity index (χ2n) is 8.11. The molecule has 1 atom stereocenters. The Hall–Kier alpha value is -2.32. The van der Waals surface area contributed by atoms with Crippen molar-refractivity contribution in [3.63, 3.8) is 0 Å². The molecular weight excluding hydrogens is 449 g/mol. The summed E-state index contributed by atoms with van der Waals surface area (Å²) in [7, 11) is 0.